The number of nitrogens with zero attached hydrogens (tertiary/aromatic N) is 1. The molecule has 3 nitrogen and oxygen atoms in total. The molecule has 0 radical (unpaired) electrons. The number of methoxy groups -OCH3 is 1. The molecule has 0 saturated carbocycles. The minimum atomic E-state index is -1.21. The molecule has 1 unspecified atom stereocenters. The lowest BCUT2D eigenvalue weighted by molar-refractivity contribution is -0.113. The largest absolute Gasteiger partial charge is 0.356 e. The molecule has 0 fully saturated rings. The standard InChI is InChI=1S/C13H18FNO2/c1-4-15(13(2,10-14)17-3)12(16)11-8-6-5-7-9-11/h5-9H,4,10H2,1-3H3. The third-order valence-corrected chi connectivity index (χ3v) is 2.84. The van der Waals surface area contributed by atoms with Crippen LogP contribution in [0.1, 0.15) is 24.2 Å². The van der Waals surface area contributed by atoms with Crippen molar-refractivity contribution in [1.29, 1.82) is 0 Å². The van der Waals surface area contributed by atoms with Gasteiger partial charge in [0.05, 0.1) is 0 Å². The van der Waals surface area contributed by atoms with Crippen LogP contribution in [-0.4, -0.2) is 36.9 Å². The number of hydrogen-bond donors (Lipinski definition) is 0. The molecule has 1 aromatic carbocycles. The summed E-state index contributed by atoms with van der Waals surface area (Å²) in [5.41, 5.74) is -0.673. The molecule has 17 heavy (non-hydrogen) atoms. The molecule has 1 amide bonds. The van der Waals surface area contributed by atoms with Crippen molar-refractivity contribution in [3.8, 4) is 0 Å². The number of hydrogen-bond acceptors (Lipinski definition) is 2. The zero-order chi connectivity index (χ0) is 12.9. The molecule has 1 atom stereocenters. The fourth-order valence-corrected chi connectivity index (χ4v) is 1.67. The van der Waals surface area contributed by atoms with Crippen molar-refractivity contribution < 1.29 is 13.9 Å². The normalized spacial score (nSPS) is 14.1. The number of alkyl halides is 1. The van der Waals surface area contributed by atoms with Crippen molar-refractivity contribution in [2.24, 2.45) is 0 Å². The zero-order valence-electron chi connectivity index (χ0n) is 10.4. The van der Waals surface area contributed by atoms with Gasteiger partial charge < -0.3 is 9.64 Å². The Morgan fingerprint density at radius 1 is 1.41 bits per heavy atom. The van der Waals surface area contributed by atoms with Crippen molar-refractivity contribution in [2.75, 3.05) is 20.3 Å². The van der Waals surface area contributed by atoms with Gasteiger partial charge in [0.2, 0.25) is 0 Å². The fourth-order valence-electron chi connectivity index (χ4n) is 1.67. The molecule has 1 rings (SSSR count). The van der Waals surface area contributed by atoms with Crippen molar-refractivity contribution in [2.45, 2.75) is 19.6 Å². The van der Waals surface area contributed by atoms with Crippen LogP contribution in [0.4, 0.5) is 4.39 Å². The van der Waals surface area contributed by atoms with E-state index in [0.717, 1.165) is 0 Å². The lowest BCUT2D eigenvalue weighted by atomic mass is 10.1. The molecule has 0 aliphatic heterocycles. The van der Waals surface area contributed by atoms with E-state index in [2.05, 4.69) is 0 Å². The number of carbonyl (C=O) groups excluding carboxylic acids is 1. The third-order valence-electron chi connectivity index (χ3n) is 2.84. The van der Waals surface area contributed by atoms with Crippen LogP contribution in [0.15, 0.2) is 30.3 Å². The van der Waals surface area contributed by atoms with Gasteiger partial charge >= 0.3 is 0 Å². The second kappa shape index (κ2) is 5.77. The number of benzene rings is 1. The Bertz CT molecular complexity index is 363. The maximum absolute atomic E-state index is 13.0. The highest BCUT2D eigenvalue weighted by molar-refractivity contribution is 5.94. The number of amides is 1. The third kappa shape index (κ3) is 2.82. The molecule has 0 spiro atoms. The van der Waals surface area contributed by atoms with Gasteiger partial charge in [-0.1, -0.05) is 18.2 Å². The summed E-state index contributed by atoms with van der Waals surface area (Å²) in [6.07, 6.45) is 0. The maximum atomic E-state index is 13.0. The summed E-state index contributed by atoms with van der Waals surface area (Å²) < 4.78 is 18.1. The van der Waals surface area contributed by atoms with Gasteiger partial charge in [-0.25, -0.2) is 4.39 Å². The van der Waals surface area contributed by atoms with E-state index >= 15 is 0 Å². The van der Waals surface area contributed by atoms with Gasteiger partial charge in [0.1, 0.15) is 6.67 Å². The smallest absolute Gasteiger partial charge is 0.256 e. The van der Waals surface area contributed by atoms with Crippen molar-refractivity contribution in [1.82, 2.24) is 4.90 Å². The molecule has 0 aromatic heterocycles. The molecule has 1 aromatic rings. The Kier molecular flexibility index (Phi) is 4.63. The van der Waals surface area contributed by atoms with Crippen LogP contribution < -0.4 is 0 Å². The van der Waals surface area contributed by atoms with Gasteiger partial charge in [0, 0.05) is 19.2 Å². The minimum absolute atomic E-state index is 0.227. The van der Waals surface area contributed by atoms with Gasteiger partial charge in [0.15, 0.2) is 5.72 Å². The summed E-state index contributed by atoms with van der Waals surface area (Å²) in [6.45, 7) is 3.02. The highest BCUT2D eigenvalue weighted by Gasteiger charge is 2.34. The zero-order valence-corrected chi connectivity index (χ0v) is 10.4. The second-order valence-electron chi connectivity index (χ2n) is 3.93. The predicted molar refractivity (Wildman–Crippen MR) is 64.5 cm³/mol. The van der Waals surface area contributed by atoms with E-state index in [1.54, 1.807) is 38.1 Å². The minimum Gasteiger partial charge on any atom is -0.356 e. The van der Waals surface area contributed by atoms with Crippen LogP contribution in [0.25, 0.3) is 0 Å². The Morgan fingerprint density at radius 3 is 2.41 bits per heavy atom. The second-order valence-corrected chi connectivity index (χ2v) is 3.93. The molecule has 94 valence electrons. The summed E-state index contributed by atoms with van der Waals surface area (Å²) in [7, 11) is 1.40. The van der Waals surface area contributed by atoms with Crippen molar-refractivity contribution in [3.05, 3.63) is 35.9 Å². The van der Waals surface area contributed by atoms with Gasteiger partial charge in [-0.2, -0.15) is 0 Å². The maximum Gasteiger partial charge on any atom is 0.256 e. The molecular weight excluding hydrogens is 221 g/mol. The Hall–Kier alpha value is -1.42. The van der Waals surface area contributed by atoms with Gasteiger partial charge in [-0.3, -0.25) is 4.79 Å². The quantitative estimate of drug-likeness (QED) is 0.739. The number of carbonyl (C=O) groups is 1. The summed E-state index contributed by atoms with van der Waals surface area (Å²) in [4.78, 5) is 13.6. The first-order valence-electron chi connectivity index (χ1n) is 5.57. The molecule has 4 heteroatoms. The first kappa shape index (κ1) is 13.6. The van der Waals surface area contributed by atoms with E-state index in [0.29, 0.717) is 12.1 Å². The SMILES string of the molecule is CCN(C(=O)c1ccccc1)C(C)(CF)OC. The lowest BCUT2D eigenvalue weighted by Crippen LogP contribution is -2.52. The van der Waals surface area contributed by atoms with Crippen molar-refractivity contribution in [3.63, 3.8) is 0 Å². The average molecular weight is 239 g/mol. The lowest BCUT2D eigenvalue weighted by Gasteiger charge is -2.37. The first-order valence-corrected chi connectivity index (χ1v) is 5.57. The highest BCUT2D eigenvalue weighted by Crippen LogP contribution is 2.19. The molecular formula is C13H18FNO2. The molecule has 0 bridgehead atoms. The van der Waals surface area contributed by atoms with Crippen LogP contribution in [0.2, 0.25) is 0 Å². The summed E-state index contributed by atoms with van der Waals surface area (Å²) in [6, 6.07) is 8.80. The van der Waals surface area contributed by atoms with E-state index < -0.39 is 12.4 Å². The van der Waals surface area contributed by atoms with Crippen LogP contribution in [0.5, 0.6) is 0 Å². The van der Waals surface area contributed by atoms with E-state index in [1.165, 1.54) is 12.0 Å². The van der Waals surface area contributed by atoms with E-state index in [1.807, 2.05) is 6.07 Å². The summed E-state index contributed by atoms with van der Waals surface area (Å²) >= 11 is 0. The molecule has 0 aliphatic carbocycles. The summed E-state index contributed by atoms with van der Waals surface area (Å²) in [5.74, 6) is -0.227. The van der Waals surface area contributed by atoms with Gasteiger partial charge in [-0.05, 0) is 26.0 Å². The Morgan fingerprint density at radius 2 is 2.00 bits per heavy atom. The van der Waals surface area contributed by atoms with Crippen LogP contribution >= 0.6 is 0 Å². The van der Waals surface area contributed by atoms with E-state index in [-0.39, 0.29) is 5.91 Å². The average Bonchev–Trinajstić information content (AvgIpc) is 2.40. The Labute approximate surface area is 101 Å². The number of halogens is 1. The van der Waals surface area contributed by atoms with Gasteiger partial charge in [0.25, 0.3) is 5.91 Å². The molecule has 0 saturated heterocycles. The Balaban J connectivity index is 3.00. The molecule has 0 heterocycles. The summed E-state index contributed by atoms with van der Waals surface area (Å²) in [5, 5.41) is 0. The van der Waals surface area contributed by atoms with Crippen LogP contribution in [0.3, 0.4) is 0 Å². The van der Waals surface area contributed by atoms with Crippen molar-refractivity contribution >= 4 is 5.91 Å². The monoisotopic (exact) mass is 239 g/mol. The first-order chi connectivity index (χ1) is 8.09. The fraction of sp³-hybridized carbons (Fsp3) is 0.462. The molecule has 0 aliphatic rings. The van der Waals surface area contributed by atoms with E-state index in [9.17, 15) is 9.18 Å². The topological polar surface area (TPSA) is 29.5 Å². The van der Waals surface area contributed by atoms with Crippen LogP contribution in [0, 0.1) is 0 Å². The predicted octanol–water partition coefficient (Wildman–Crippen LogP) is 2.48. The highest BCUT2D eigenvalue weighted by atomic mass is 19.1. The molecule has 0 N–H and O–H groups in total. The van der Waals surface area contributed by atoms with Gasteiger partial charge in [-0.15, -0.1) is 0 Å². The van der Waals surface area contributed by atoms with E-state index in [4.69, 9.17) is 4.74 Å². The number of ether oxygens (including phenoxy) is 1. The number of rotatable bonds is 5. The van der Waals surface area contributed by atoms with Crippen LogP contribution in [-0.2, 0) is 4.74 Å².